The van der Waals surface area contributed by atoms with Gasteiger partial charge in [-0.1, -0.05) is 92.2 Å². The average Bonchev–Trinajstić information content (AvgIpc) is 3.48. The van der Waals surface area contributed by atoms with Crippen molar-refractivity contribution in [3.8, 4) is 0 Å². The summed E-state index contributed by atoms with van der Waals surface area (Å²) in [5, 5.41) is 16.0. The molecule has 0 saturated heterocycles. The third kappa shape index (κ3) is 6.50. The summed E-state index contributed by atoms with van der Waals surface area (Å²) in [6.45, 7) is 12.5. The fourth-order valence-electron chi connectivity index (χ4n) is 9.04. The molecule has 3 aliphatic rings. The van der Waals surface area contributed by atoms with Crippen molar-refractivity contribution in [3.63, 3.8) is 0 Å². The van der Waals surface area contributed by atoms with Gasteiger partial charge in [0, 0.05) is 58.9 Å². The van der Waals surface area contributed by atoms with E-state index < -0.39 is 0 Å². The molecule has 4 aromatic carbocycles. The number of β-amino-alcohol motifs (C(OH)–C–C–N with tert-alkyl or cyclic N) is 1. The smallest absolute Gasteiger partial charge is 0.210 e. The third-order valence-electron chi connectivity index (χ3n) is 11.6. The highest BCUT2D eigenvalue weighted by molar-refractivity contribution is 6.32. The van der Waals surface area contributed by atoms with Crippen LogP contribution in [-0.4, -0.2) is 40.9 Å². The topological polar surface area (TPSA) is 43.5 Å². The summed E-state index contributed by atoms with van der Waals surface area (Å²) in [5.74, 6) is 0.268. The van der Waals surface area contributed by atoms with Crippen LogP contribution in [-0.2, 0) is 15.6 Å². The molecule has 52 heavy (non-hydrogen) atoms. The predicted octanol–water partition coefficient (Wildman–Crippen LogP) is 11.4. The zero-order valence-electron chi connectivity index (χ0n) is 31.4. The Morgan fingerprint density at radius 1 is 0.827 bits per heavy atom. The average molecular weight is 712 g/mol. The number of halogens is 1. The molecule has 1 aliphatic carbocycles. The lowest BCUT2D eigenvalue weighted by molar-refractivity contribution is -0.438. The summed E-state index contributed by atoms with van der Waals surface area (Å²) >= 11 is 7.30. The summed E-state index contributed by atoms with van der Waals surface area (Å²) in [6.07, 6.45) is 15.7. The van der Waals surface area contributed by atoms with E-state index in [1.165, 1.54) is 61.0 Å². The van der Waals surface area contributed by atoms with Crippen LogP contribution in [0, 0.1) is 0 Å². The van der Waals surface area contributed by atoms with Crippen molar-refractivity contribution >= 4 is 56.0 Å². The van der Waals surface area contributed by atoms with E-state index in [1.807, 2.05) is 0 Å². The van der Waals surface area contributed by atoms with Crippen molar-refractivity contribution in [1.29, 1.82) is 0 Å². The molecule has 0 saturated carbocycles. The number of unbranched alkanes of at least 4 members (excludes halogenated alkanes) is 2. The number of Topliss-reactive ketones (excluding diaryl/α,β-unsaturated/α-hetero) is 1. The van der Waals surface area contributed by atoms with Gasteiger partial charge < -0.3 is 14.8 Å². The van der Waals surface area contributed by atoms with Gasteiger partial charge in [0.15, 0.2) is 5.71 Å². The number of fused-ring (bicyclic) bond motifs is 6. The maximum Gasteiger partial charge on any atom is 0.210 e. The second-order valence-electron chi connectivity index (χ2n) is 15.8. The minimum Gasteiger partial charge on any atom is -0.395 e. The predicted molar refractivity (Wildman–Crippen MR) is 219 cm³/mol. The van der Waals surface area contributed by atoms with E-state index in [-0.39, 0.29) is 23.2 Å². The minimum atomic E-state index is -0.241. The van der Waals surface area contributed by atoms with Crippen LogP contribution in [0.2, 0.25) is 0 Å². The maximum absolute atomic E-state index is 11.6. The van der Waals surface area contributed by atoms with E-state index in [2.05, 4.69) is 134 Å². The summed E-state index contributed by atoms with van der Waals surface area (Å²) in [6, 6.07) is 26.3. The van der Waals surface area contributed by atoms with Crippen molar-refractivity contribution in [2.75, 3.05) is 24.6 Å². The molecule has 5 heteroatoms. The first kappa shape index (κ1) is 36.1. The van der Waals surface area contributed by atoms with Crippen LogP contribution in [0.25, 0.3) is 21.5 Å². The number of nitrogens with zero attached hydrogens (tertiary/aromatic N) is 2. The molecule has 2 heterocycles. The summed E-state index contributed by atoms with van der Waals surface area (Å²) < 4.78 is 2.52. The van der Waals surface area contributed by atoms with Crippen molar-refractivity contribution in [1.82, 2.24) is 0 Å². The number of carbonyl (C=O) groups is 1. The van der Waals surface area contributed by atoms with Gasteiger partial charge in [-0.3, -0.25) is 0 Å². The van der Waals surface area contributed by atoms with E-state index in [9.17, 15) is 9.90 Å². The molecule has 0 fully saturated rings. The Hall–Kier alpha value is -4.25. The van der Waals surface area contributed by atoms with Gasteiger partial charge in [0.05, 0.1) is 12.0 Å². The number of hydrogen-bond donors (Lipinski definition) is 1. The lowest BCUT2D eigenvalue weighted by Gasteiger charge is -2.27. The van der Waals surface area contributed by atoms with Crippen LogP contribution in [0.3, 0.4) is 0 Å². The van der Waals surface area contributed by atoms with Gasteiger partial charge in [0.25, 0.3) is 0 Å². The highest BCUT2D eigenvalue weighted by atomic mass is 35.5. The van der Waals surface area contributed by atoms with Crippen LogP contribution in [0.4, 0.5) is 11.4 Å². The van der Waals surface area contributed by atoms with E-state index >= 15 is 0 Å². The monoisotopic (exact) mass is 711 g/mol. The van der Waals surface area contributed by atoms with Gasteiger partial charge in [-0.05, 0) is 109 Å². The van der Waals surface area contributed by atoms with Crippen LogP contribution < -0.4 is 4.90 Å². The number of benzene rings is 4. The van der Waals surface area contributed by atoms with Gasteiger partial charge in [-0.2, -0.15) is 4.58 Å². The molecule has 1 N–H and O–H groups in total. The Morgan fingerprint density at radius 3 is 2.23 bits per heavy atom. The third-order valence-corrected chi connectivity index (χ3v) is 12.1. The van der Waals surface area contributed by atoms with E-state index in [1.54, 1.807) is 6.92 Å². The summed E-state index contributed by atoms with van der Waals surface area (Å²) in [7, 11) is 0. The minimum absolute atomic E-state index is 0.0795. The lowest BCUT2D eigenvalue weighted by atomic mass is 9.78. The van der Waals surface area contributed by atoms with Gasteiger partial charge in [-0.25, -0.2) is 0 Å². The molecule has 0 aromatic heterocycles. The molecular formula is C47H52ClN2O2+. The standard InChI is InChI=1S/C47H52ClN2O2/c1-32(52)14-7-6-12-29-49-39-25-21-33-15-8-10-19-37(33)43(39)46(2,3)41(49)27-23-35-17-13-18-36(45(35)48)24-28-42-47(4,5)44-38-20-11-9-16-34(38)22-26-40(44)50(42)30-31-51/h8-11,15-16,19-28,51H,6-7,12-14,17-18,29-31H2,1-5H3/q+1. The van der Waals surface area contributed by atoms with E-state index in [0.717, 1.165) is 55.7 Å². The zero-order chi connectivity index (χ0) is 36.6. The molecule has 0 atom stereocenters. The van der Waals surface area contributed by atoms with Crippen LogP contribution in [0.1, 0.15) is 90.7 Å². The largest absolute Gasteiger partial charge is 0.395 e. The van der Waals surface area contributed by atoms with Crippen LogP contribution >= 0.6 is 11.6 Å². The SMILES string of the molecule is CC(=O)CCCCC[N+]1=C(C=CC2=C(Cl)C(=CC=C3N(CCO)c4ccc5ccccc5c4C3(C)C)CCC2)C(C)(C)c2c1ccc1ccccc21. The van der Waals surface area contributed by atoms with Gasteiger partial charge in [-0.15, -0.1) is 0 Å². The Morgan fingerprint density at radius 2 is 1.52 bits per heavy atom. The maximum atomic E-state index is 11.6. The highest BCUT2D eigenvalue weighted by Crippen LogP contribution is 2.51. The first-order valence-corrected chi connectivity index (χ1v) is 19.5. The molecule has 4 aromatic rings. The molecule has 0 unspecified atom stereocenters. The van der Waals surface area contributed by atoms with E-state index in [4.69, 9.17) is 11.6 Å². The molecule has 0 spiro atoms. The normalized spacial score (nSPS) is 19.6. The Kier molecular flexibility index (Phi) is 10.2. The number of rotatable bonds is 11. The van der Waals surface area contributed by atoms with E-state index in [0.29, 0.717) is 13.0 Å². The first-order valence-electron chi connectivity index (χ1n) is 19.1. The number of carbonyl (C=O) groups excluding carboxylic acids is 1. The van der Waals surface area contributed by atoms with Crippen molar-refractivity contribution < 1.29 is 14.5 Å². The van der Waals surface area contributed by atoms with Crippen molar-refractivity contribution in [3.05, 3.63) is 130 Å². The molecule has 7 rings (SSSR count). The number of aliphatic hydroxyl groups is 1. The Bertz CT molecular complexity index is 2210. The molecule has 0 radical (unpaired) electrons. The Labute approximate surface area is 314 Å². The Balaban J connectivity index is 1.23. The van der Waals surface area contributed by atoms with Crippen molar-refractivity contribution in [2.24, 2.45) is 0 Å². The molecule has 0 amide bonds. The quantitative estimate of drug-likeness (QED) is 0.124. The summed E-state index contributed by atoms with van der Waals surface area (Å²) in [4.78, 5) is 13.9. The lowest BCUT2D eigenvalue weighted by Crippen LogP contribution is -2.28. The molecule has 268 valence electrons. The first-order chi connectivity index (χ1) is 25.0. The second-order valence-corrected chi connectivity index (χ2v) is 16.2. The second kappa shape index (κ2) is 14.6. The van der Waals surface area contributed by atoms with Crippen molar-refractivity contribution in [2.45, 2.75) is 90.4 Å². The molecular weight excluding hydrogens is 660 g/mol. The zero-order valence-corrected chi connectivity index (χ0v) is 32.2. The fraction of sp³-hybridized carbons (Fsp3) is 0.362. The number of aliphatic hydroxyl groups excluding tert-OH is 1. The van der Waals surface area contributed by atoms with Crippen LogP contribution in [0.5, 0.6) is 0 Å². The molecule has 2 aliphatic heterocycles. The molecule has 0 bridgehead atoms. The van der Waals surface area contributed by atoms with Gasteiger partial charge in [0.1, 0.15) is 12.3 Å². The molecule has 4 nitrogen and oxygen atoms in total. The fourth-order valence-corrected chi connectivity index (χ4v) is 9.36. The van der Waals surface area contributed by atoms with Gasteiger partial charge >= 0.3 is 0 Å². The number of anilines is 1. The van der Waals surface area contributed by atoms with Gasteiger partial charge in [0.2, 0.25) is 5.69 Å². The van der Waals surface area contributed by atoms with Crippen LogP contribution in [0.15, 0.2) is 119 Å². The number of allylic oxidation sites excluding steroid dienone is 8. The number of hydrogen-bond acceptors (Lipinski definition) is 3. The highest BCUT2D eigenvalue weighted by Gasteiger charge is 2.45. The summed E-state index contributed by atoms with van der Waals surface area (Å²) in [5.41, 5.74) is 9.52. The number of ketones is 1.